The molecule has 2 atom stereocenters. The Hall–Kier alpha value is -1.02. The van der Waals surface area contributed by atoms with Gasteiger partial charge in [0, 0.05) is 18.3 Å². The van der Waals surface area contributed by atoms with Crippen LogP contribution in [0.2, 0.25) is 0 Å². The molecule has 2 heteroatoms. The highest BCUT2D eigenvalue weighted by Gasteiger charge is 2.25. The lowest BCUT2D eigenvalue weighted by Crippen LogP contribution is -2.40. The molecule has 2 N–H and O–H groups in total. The number of nitrogens with two attached hydrogens (primary N) is 1. The molecule has 1 aliphatic rings. The van der Waals surface area contributed by atoms with E-state index in [-0.39, 0.29) is 0 Å². The summed E-state index contributed by atoms with van der Waals surface area (Å²) in [6, 6.07) is 9.44. The number of benzene rings is 1. The second-order valence-electron chi connectivity index (χ2n) is 5.26. The molecule has 2 nitrogen and oxygen atoms in total. The normalized spacial score (nSPS) is 25.7. The molecular weight excluding hydrogens is 208 g/mol. The predicted molar refractivity (Wildman–Crippen MR) is 74.4 cm³/mol. The van der Waals surface area contributed by atoms with Gasteiger partial charge in [-0.3, -0.25) is 0 Å². The maximum atomic E-state index is 5.90. The van der Waals surface area contributed by atoms with E-state index in [0.29, 0.717) is 12.0 Å². The van der Waals surface area contributed by atoms with E-state index >= 15 is 0 Å². The maximum absolute atomic E-state index is 5.90. The van der Waals surface area contributed by atoms with Crippen molar-refractivity contribution in [2.75, 3.05) is 18.0 Å². The minimum Gasteiger partial charge on any atom is -0.369 e. The highest BCUT2D eigenvalue weighted by atomic mass is 15.2. The van der Waals surface area contributed by atoms with E-state index in [4.69, 9.17) is 5.73 Å². The van der Waals surface area contributed by atoms with Gasteiger partial charge in [-0.15, -0.1) is 0 Å². The first-order valence-electron chi connectivity index (χ1n) is 6.75. The molecule has 0 aliphatic carbocycles. The van der Waals surface area contributed by atoms with Gasteiger partial charge >= 0.3 is 0 Å². The number of hydrogen-bond donors (Lipinski definition) is 1. The standard InChI is InChI=1S/C15H24N2/c1-12-6-8-15(9-7-12)17-10-4-3-5-14(11-16)13(17)2/h6-9,13-14H,3-5,10-11,16H2,1-2H3/t13-,14-/m1/s1. The van der Waals surface area contributed by atoms with Crippen molar-refractivity contribution in [1.29, 1.82) is 0 Å². The van der Waals surface area contributed by atoms with Crippen LogP contribution in [0.3, 0.4) is 0 Å². The van der Waals surface area contributed by atoms with Crippen molar-refractivity contribution in [2.45, 2.75) is 39.2 Å². The van der Waals surface area contributed by atoms with Crippen LogP contribution in [0.4, 0.5) is 5.69 Å². The zero-order valence-electron chi connectivity index (χ0n) is 11.0. The fourth-order valence-electron chi connectivity index (χ4n) is 2.80. The number of anilines is 1. The molecule has 1 saturated heterocycles. The summed E-state index contributed by atoms with van der Waals surface area (Å²) in [5, 5.41) is 0. The molecule has 0 unspecified atom stereocenters. The Labute approximate surface area is 105 Å². The van der Waals surface area contributed by atoms with Gasteiger partial charge in [0.25, 0.3) is 0 Å². The average Bonchev–Trinajstić information content (AvgIpc) is 2.52. The zero-order chi connectivity index (χ0) is 12.3. The van der Waals surface area contributed by atoms with E-state index in [1.165, 1.54) is 37.1 Å². The van der Waals surface area contributed by atoms with Crippen LogP contribution in [0.5, 0.6) is 0 Å². The van der Waals surface area contributed by atoms with E-state index in [9.17, 15) is 0 Å². The van der Waals surface area contributed by atoms with Gasteiger partial charge in [0.05, 0.1) is 0 Å². The molecule has 1 heterocycles. The molecule has 1 aromatic carbocycles. The van der Waals surface area contributed by atoms with Crippen LogP contribution in [0.15, 0.2) is 24.3 Å². The summed E-state index contributed by atoms with van der Waals surface area (Å²) in [7, 11) is 0. The molecule has 2 rings (SSSR count). The summed E-state index contributed by atoms with van der Waals surface area (Å²) in [5.74, 6) is 0.638. The number of rotatable bonds is 2. The summed E-state index contributed by atoms with van der Waals surface area (Å²) >= 11 is 0. The van der Waals surface area contributed by atoms with Gasteiger partial charge in [-0.2, -0.15) is 0 Å². The first-order chi connectivity index (χ1) is 8.22. The smallest absolute Gasteiger partial charge is 0.0368 e. The minimum atomic E-state index is 0.560. The molecule has 0 amide bonds. The first kappa shape index (κ1) is 12.4. The van der Waals surface area contributed by atoms with Crippen molar-refractivity contribution in [1.82, 2.24) is 0 Å². The Morgan fingerprint density at radius 1 is 1.24 bits per heavy atom. The fourth-order valence-corrected chi connectivity index (χ4v) is 2.80. The van der Waals surface area contributed by atoms with Gasteiger partial charge in [0.15, 0.2) is 0 Å². The van der Waals surface area contributed by atoms with E-state index in [1.54, 1.807) is 0 Å². The summed E-state index contributed by atoms with van der Waals surface area (Å²) in [5.41, 5.74) is 8.58. The number of nitrogens with zero attached hydrogens (tertiary/aromatic N) is 1. The van der Waals surface area contributed by atoms with E-state index in [2.05, 4.69) is 43.0 Å². The third kappa shape index (κ3) is 2.81. The van der Waals surface area contributed by atoms with Gasteiger partial charge in [0.2, 0.25) is 0 Å². The lowest BCUT2D eigenvalue weighted by atomic mass is 9.96. The van der Waals surface area contributed by atoms with Gasteiger partial charge in [-0.05, 0) is 51.3 Å². The molecule has 0 aromatic heterocycles. The van der Waals surface area contributed by atoms with Crippen LogP contribution < -0.4 is 10.6 Å². The van der Waals surface area contributed by atoms with Crippen molar-refractivity contribution in [3.63, 3.8) is 0 Å². The van der Waals surface area contributed by atoms with Crippen molar-refractivity contribution in [2.24, 2.45) is 11.7 Å². The maximum Gasteiger partial charge on any atom is 0.0368 e. The molecular formula is C15H24N2. The van der Waals surface area contributed by atoms with Crippen molar-refractivity contribution in [3.8, 4) is 0 Å². The lowest BCUT2D eigenvalue weighted by Gasteiger charge is -2.34. The summed E-state index contributed by atoms with van der Waals surface area (Å²) < 4.78 is 0. The molecule has 1 fully saturated rings. The highest BCUT2D eigenvalue weighted by molar-refractivity contribution is 5.48. The Morgan fingerprint density at radius 2 is 1.94 bits per heavy atom. The molecule has 0 spiro atoms. The Bertz CT molecular complexity index is 344. The predicted octanol–water partition coefficient (Wildman–Crippen LogP) is 2.95. The average molecular weight is 232 g/mol. The number of hydrogen-bond acceptors (Lipinski definition) is 2. The second kappa shape index (κ2) is 5.54. The molecule has 94 valence electrons. The van der Waals surface area contributed by atoms with Crippen LogP contribution in [-0.4, -0.2) is 19.1 Å². The second-order valence-corrected chi connectivity index (χ2v) is 5.26. The summed E-state index contributed by atoms with van der Waals surface area (Å²) in [6.45, 7) is 6.44. The number of aryl methyl sites for hydroxylation is 1. The summed E-state index contributed by atoms with van der Waals surface area (Å²) in [6.07, 6.45) is 3.88. The highest BCUT2D eigenvalue weighted by Crippen LogP contribution is 2.27. The van der Waals surface area contributed by atoms with Gasteiger partial charge in [-0.25, -0.2) is 0 Å². The fraction of sp³-hybridized carbons (Fsp3) is 0.600. The van der Waals surface area contributed by atoms with Gasteiger partial charge in [0.1, 0.15) is 0 Å². The van der Waals surface area contributed by atoms with Crippen molar-refractivity contribution in [3.05, 3.63) is 29.8 Å². The Kier molecular flexibility index (Phi) is 4.06. The molecule has 1 aromatic rings. The van der Waals surface area contributed by atoms with E-state index in [1.807, 2.05) is 0 Å². The van der Waals surface area contributed by atoms with Crippen LogP contribution >= 0.6 is 0 Å². The monoisotopic (exact) mass is 232 g/mol. The SMILES string of the molecule is Cc1ccc(N2CCCC[C@H](CN)[C@H]2C)cc1. The molecule has 17 heavy (non-hydrogen) atoms. The molecule has 0 saturated carbocycles. The Balaban J connectivity index is 2.20. The van der Waals surface area contributed by atoms with E-state index in [0.717, 1.165) is 6.54 Å². The molecule has 0 bridgehead atoms. The van der Waals surface area contributed by atoms with Crippen LogP contribution in [0.25, 0.3) is 0 Å². The van der Waals surface area contributed by atoms with Gasteiger partial charge in [-0.1, -0.05) is 24.1 Å². The van der Waals surface area contributed by atoms with Crippen molar-refractivity contribution < 1.29 is 0 Å². The minimum absolute atomic E-state index is 0.560. The lowest BCUT2D eigenvalue weighted by molar-refractivity contribution is 0.423. The molecule has 1 aliphatic heterocycles. The molecule has 0 radical (unpaired) electrons. The third-order valence-corrected chi connectivity index (χ3v) is 4.07. The summed E-state index contributed by atoms with van der Waals surface area (Å²) in [4.78, 5) is 2.53. The van der Waals surface area contributed by atoms with E-state index < -0.39 is 0 Å². The topological polar surface area (TPSA) is 29.3 Å². The van der Waals surface area contributed by atoms with Gasteiger partial charge < -0.3 is 10.6 Å². The quantitative estimate of drug-likeness (QED) is 0.849. The Morgan fingerprint density at radius 3 is 2.59 bits per heavy atom. The third-order valence-electron chi connectivity index (χ3n) is 4.07. The first-order valence-corrected chi connectivity index (χ1v) is 6.75. The van der Waals surface area contributed by atoms with Crippen LogP contribution in [-0.2, 0) is 0 Å². The van der Waals surface area contributed by atoms with Crippen LogP contribution in [0.1, 0.15) is 31.7 Å². The largest absolute Gasteiger partial charge is 0.369 e. The van der Waals surface area contributed by atoms with Crippen molar-refractivity contribution >= 4 is 5.69 Å². The zero-order valence-corrected chi connectivity index (χ0v) is 11.0. The van der Waals surface area contributed by atoms with Crippen LogP contribution in [0, 0.1) is 12.8 Å².